The molecule has 0 N–H and O–H groups in total. The normalized spacial score (nSPS) is 10.3. The van der Waals surface area contributed by atoms with Gasteiger partial charge < -0.3 is 4.74 Å². The average Bonchev–Trinajstić information content (AvgIpc) is 2.14. The Morgan fingerprint density at radius 2 is 2.00 bits per heavy atom. The van der Waals surface area contributed by atoms with Gasteiger partial charge in [0.25, 0.3) is 0 Å². The van der Waals surface area contributed by atoms with E-state index >= 15 is 0 Å². The minimum atomic E-state index is -3.25. The van der Waals surface area contributed by atoms with E-state index in [0.29, 0.717) is 5.56 Å². The van der Waals surface area contributed by atoms with Gasteiger partial charge in [0.05, 0.1) is 13.4 Å². The molecule has 0 aliphatic rings. The number of ether oxygens (including phenoxy) is 1. The number of methoxy groups -OCH3 is 1. The molecule has 0 atom stereocenters. The molecule has 1 aromatic carbocycles. The highest BCUT2D eigenvalue weighted by Gasteiger charge is 1.98. The predicted molar refractivity (Wildman–Crippen MR) is 59.5 cm³/mol. The Bertz CT molecular complexity index is 518. The topological polar surface area (TPSA) is 43.4 Å². The van der Waals surface area contributed by atoms with Gasteiger partial charge in [0.15, 0.2) is 0 Å². The van der Waals surface area contributed by atoms with Crippen LogP contribution in [0.2, 0.25) is 0 Å². The number of aryl methyl sites for hydroxylation is 1. The summed E-state index contributed by atoms with van der Waals surface area (Å²) < 4.78 is 26.7. The zero-order valence-corrected chi connectivity index (χ0v) is 9.68. The van der Waals surface area contributed by atoms with Gasteiger partial charge >= 0.3 is 0 Å². The molecule has 15 heavy (non-hydrogen) atoms. The summed E-state index contributed by atoms with van der Waals surface area (Å²) in [4.78, 5) is 0. The fourth-order valence-electron chi connectivity index (χ4n) is 1.05. The maximum Gasteiger partial charge on any atom is 0.214 e. The molecule has 0 spiro atoms. The van der Waals surface area contributed by atoms with Crippen LogP contribution in [-0.2, 0) is 9.84 Å². The lowest BCUT2D eigenvalue weighted by atomic mass is 10.1. The lowest BCUT2D eigenvalue weighted by molar-refractivity contribution is 0.414. The molecule has 0 unspecified atom stereocenters. The summed E-state index contributed by atoms with van der Waals surface area (Å²) in [6.07, 6.45) is 1.08. The van der Waals surface area contributed by atoms with Gasteiger partial charge in [-0.2, -0.15) is 0 Å². The molecule has 3 nitrogen and oxygen atoms in total. The number of hydrogen-bond donors (Lipinski definition) is 0. The van der Waals surface area contributed by atoms with Crippen LogP contribution >= 0.6 is 0 Å². The summed E-state index contributed by atoms with van der Waals surface area (Å²) in [5.41, 5.74) is 1.59. The Hall–Kier alpha value is -1.47. The maximum atomic E-state index is 10.8. The van der Waals surface area contributed by atoms with Gasteiger partial charge in [0.1, 0.15) is 5.75 Å². The van der Waals surface area contributed by atoms with E-state index in [9.17, 15) is 8.42 Å². The zero-order valence-electron chi connectivity index (χ0n) is 8.87. The van der Waals surface area contributed by atoms with E-state index in [0.717, 1.165) is 17.6 Å². The summed E-state index contributed by atoms with van der Waals surface area (Å²) >= 11 is 0. The van der Waals surface area contributed by atoms with E-state index in [-0.39, 0.29) is 0 Å². The van der Waals surface area contributed by atoms with Crippen LogP contribution in [0.5, 0.6) is 5.75 Å². The first-order chi connectivity index (χ1) is 6.92. The van der Waals surface area contributed by atoms with Gasteiger partial charge in [-0.1, -0.05) is 0 Å². The maximum absolute atomic E-state index is 10.8. The van der Waals surface area contributed by atoms with Crippen LogP contribution in [0.1, 0.15) is 11.1 Å². The Balaban J connectivity index is 3.11. The molecule has 1 aromatic rings. The van der Waals surface area contributed by atoms with Crippen molar-refractivity contribution in [1.82, 2.24) is 0 Å². The largest absolute Gasteiger partial charge is 0.497 e. The number of benzene rings is 1. The van der Waals surface area contributed by atoms with Gasteiger partial charge in [0.2, 0.25) is 9.84 Å². The quantitative estimate of drug-likeness (QED) is 0.676. The third kappa shape index (κ3) is 3.64. The summed E-state index contributed by atoms with van der Waals surface area (Å²) in [5, 5.41) is 2.20. The monoisotopic (exact) mass is 224 g/mol. The van der Waals surface area contributed by atoms with Crippen molar-refractivity contribution in [1.29, 1.82) is 0 Å². The Labute approximate surface area is 90.0 Å². The van der Waals surface area contributed by atoms with Crippen molar-refractivity contribution in [3.05, 3.63) is 29.3 Å². The average molecular weight is 224 g/mol. The molecule has 0 saturated carbocycles. The highest BCUT2D eigenvalue weighted by atomic mass is 32.2. The first-order valence-corrected chi connectivity index (χ1v) is 6.19. The minimum Gasteiger partial charge on any atom is -0.497 e. The van der Waals surface area contributed by atoms with Crippen LogP contribution in [0.25, 0.3) is 0 Å². The second-order valence-corrected chi connectivity index (χ2v) is 4.93. The standard InChI is InChI=1S/C11H12O3S/c1-9-8-11(14-2)5-4-10(9)6-7-15(3,12)13/h4-5,8H,1-3H3. The van der Waals surface area contributed by atoms with Crippen LogP contribution in [0.4, 0.5) is 0 Å². The zero-order chi connectivity index (χ0) is 11.5. The summed E-state index contributed by atoms with van der Waals surface area (Å²) in [5.74, 6) is 3.34. The fraction of sp³-hybridized carbons (Fsp3) is 0.273. The molecule has 0 aromatic heterocycles. The Morgan fingerprint density at radius 1 is 1.33 bits per heavy atom. The molecule has 0 heterocycles. The van der Waals surface area contributed by atoms with Gasteiger partial charge in [-0.15, -0.1) is 0 Å². The van der Waals surface area contributed by atoms with Crippen molar-refractivity contribution in [2.45, 2.75) is 6.92 Å². The van der Waals surface area contributed by atoms with Crippen molar-refractivity contribution < 1.29 is 13.2 Å². The minimum absolute atomic E-state index is 0.696. The van der Waals surface area contributed by atoms with E-state index in [1.54, 1.807) is 19.2 Å². The first kappa shape index (κ1) is 11.6. The smallest absolute Gasteiger partial charge is 0.214 e. The van der Waals surface area contributed by atoms with Crippen LogP contribution in [-0.4, -0.2) is 21.8 Å². The third-order valence-electron chi connectivity index (χ3n) is 1.80. The lowest BCUT2D eigenvalue weighted by Crippen LogP contribution is -1.91. The summed E-state index contributed by atoms with van der Waals surface area (Å²) in [7, 11) is -1.67. The number of sulfone groups is 1. The van der Waals surface area contributed by atoms with Crippen molar-refractivity contribution in [2.75, 3.05) is 13.4 Å². The van der Waals surface area contributed by atoms with Crippen molar-refractivity contribution in [3.63, 3.8) is 0 Å². The molecule has 0 bridgehead atoms. The van der Waals surface area contributed by atoms with E-state index < -0.39 is 9.84 Å². The molecule has 1 rings (SSSR count). The van der Waals surface area contributed by atoms with E-state index in [1.807, 2.05) is 13.0 Å². The predicted octanol–water partition coefficient (Wildman–Crippen LogP) is 1.36. The molecule has 0 radical (unpaired) electrons. The van der Waals surface area contributed by atoms with Crippen LogP contribution in [0.15, 0.2) is 18.2 Å². The van der Waals surface area contributed by atoms with Crippen LogP contribution in [0, 0.1) is 18.1 Å². The molecule has 0 amide bonds. The van der Waals surface area contributed by atoms with Gasteiger partial charge in [0, 0.05) is 10.8 Å². The molecule has 0 aliphatic carbocycles. The lowest BCUT2D eigenvalue weighted by Gasteiger charge is -2.02. The molecule has 0 aliphatic heterocycles. The molecular formula is C11H12O3S. The summed E-state index contributed by atoms with van der Waals surface area (Å²) in [6, 6.07) is 5.30. The SMILES string of the molecule is COc1ccc(C#CS(C)(=O)=O)c(C)c1. The highest BCUT2D eigenvalue weighted by molar-refractivity contribution is 7.95. The number of rotatable bonds is 1. The molecule has 80 valence electrons. The van der Waals surface area contributed by atoms with Gasteiger partial charge in [-0.05, 0) is 36.6 Å². The van der Waals surface area contributed by atoms with Crippen molar-refractivity contribution in [3.8, 4) is 16.9 Å². The van der Waals surface area contributed by atoms with E-state index in [1.165, 1.54) is 0 Å². The van der Waals surface area contributed by atoms with Crippen molar-refractivity contribution >= 4 is 9.84 Å². The molecule has 4 heteroatoms. The van der Waals surface area contributed by atoms with Crippen molar-refractivity contribution in [2.24, 2.45) is 0 Å². The highest BCUT2D eigenvalue weighted by Crippen LogP contribution is 2.15. The molecular weight excluding hydrogens is 212 g/mol. The van der Waals surface area contributed by atoms with E-state index in [2.05, 4.69) is 11.2 Å². The second kappa shape index (κ2) is 4.37. The van der Waals surface area contributed by atoms with Crippen LogP contribution in [0.3, 0.4) is 0 Å². The number of hydrogen-bond acceptors (Lipinski definition) is 3. The van der Waals surface area contributed by atoms with Gasteiger partial charge in [-0.3, -0.25) is 0 Å². The van der Waals surface area contributed by atoms with Gasteiger partial charge in [-0.25, -0.2) is 8.42 Å². The molecule has 0 fully saturated rings. The Kier molecular flexibility index (Phi) is 3.38. The summed E-state index contributed by atoms with van der Waals surface area (Å²) in [6.45, 7) is 1.86. The first-order valence-electron chi connectivity index (χ1n) is 4.30. The Morgan fingerprint density at radius 3 is 2.47 bits per heavy atom. The second-order valence-electron chi connectivity index (χ2n) is 3.18. The van der Waals surface area contributed by atoms with E-state index in [4.69, 9.17) is 4.74 Å². The molecule has 0 saturated heterocycles. The third-order valence-corrected chi connectivity index (χ3v) is 2.28. The fourth-order valence-corrected chi connectivity index (χ4v) is 1.35. The van der Waals surface area contributed by atoms with Crippen LogP contribution < -0.4 is 4.74 Å².